The average molecular weight is 359 g/mol. The maximum absolute atomic E-state index is 13.7. The number of benzene rings is 2. The van der Waals surface area contributed by atoms with Crippen molar-refractivity contribution in [3.05, 3.63) is 102 Å². The van der Waals surface area contributed by atoms with Gasteiger partial charge in [-0.1, -0.05) is 43.5 Å². The number of nitrogens with one attached hydrogen (secondary N) is 1. The fraction of sp³-hybridized carbons (Fsp3) is 0.0870. The predicted octanol–water partition coefficient (Wildman–Crippen LogP) is 5.95. The Hall–Kier alpha value is -3.40. The number of nitrogens with zero attached hydrogens (tertiary/aromatic N) is 2. The smallest absolute Gasteiger partial charge is 0.154 e. The van der Waals surface area contributed by atoms with Gasteiger partial charge in [0.25, 0.3) is 0 Å². The molecule has 0 bridgehead atoms. The number of anilines is 1. The van der Waals surface area contributed by atoms with E-state index < -0.39 is 0 Å². The molecule has 1 aliphatic rings. The van der Waals surface area contributed by atoms with Crippen molar-refractivity contribution in [2.45, 2.75) is 13.8 Å². The maximum Gasteiger partial charge on any atom is 0.154 e. The molecule has 4 heteroatoms. The van der Waals surface area contributed by atoms with Gasteiger partial charge in [0, 0.05) is 29.3 Å². The lowest BCUT2D eigenvalue weighted by Crippen LogP contribution is -2.28. The molecule has 1 heterocycles. The van der Waals surface area contributed by atoms with Gasteiger partial charge >= 0.3 is 0 Å². The van der Waals surface area contributed by atoms with Gasteiger partial charge in [-0.05, 0) is 49.2 Å². The highest BCUT2D eigenvalue weighted by atomic mass is 19.1. The van der Waals surface area contributed by atoms with Gasteiger partial charge in [0.1, 0.15) is 5.82 Å². The van der Waals surface area contributed by atoms with Crippen LogP contribution < -0.4 is 5.32 Å². The van der Waals surface area contributed by atoms with E-state index >= 15 is 0 Å². The standard InChI is InChI=1S/C23H22FN3/c1-5-18-15-21(11-10-16(18)3)26-23-17(4)27(13-12-25-23)22(6-2)19-8-7-9-20(24)14-19/h5-15H,1,4H2,2-3H3,(H,25,26)/b22-6-. The summed E-state index contributed by atoms with van der Waals surface area (Å²) in [6.07, 6.45) is 7.27. The second-order valence-corrected chi connectivity index (χ2v) is 6.18. The molecule has 0 saturated carbocycles. The first-order valence-corrected chi connectivity index (χ1v) is 8.69. The molecule has 0 aliphatic carbocycles. The molecule has 0 amide bonds. The SMILES string of the molecule is C=Cc1cc(NC2=NC=CN(/C(=C\C)c3cccc(F)c3)C2=C)ccc1C. The van der Waals surface area contributed by atoms with E-state index in [2.05, 4.69) is 23.5 Å². The fourth-order valence-corrected chi connectivity index (χ4v) is 2.95. The Morgan fingerprint density at radius 3 is 2.74 bits per heavy atom. The van der Waals surface area contributed by atoms with Gasteiger partial charge in [-0.15, -0.1) is 0 Å². The summed E-state index contributed by atoms with van der Waals surface area (Å²) in [5.74, 6) is 0.356. The topological polar surface area (TPSA) is 27.6 Å². The van der Waals surface area contributed by atoms with Gasteiger partial charge in [-0.25, -0.2) is 9.38 Å². The Kier molecular flexibility index (Phi) is 5.36. The first-order valence-electron chi connectivity index (χ1n) is 8.69. The molecule has 0 fully saturated rings. The van der Waals surface area contributed by atoms with E-state index in [9.17, 15) is 4.39 Å². The van der Waals surface area contributed by atoms with E-state index in [-0.39, 0.29) is 5.82 Å². The Morgan fingerprint density at radius 1 is 1.22 bits per heavy atom. The van der Waals surface area contributed by atoms with E-state index in [4.69, 9.17) is 0 Å². The summed E-state index contributed by atoms with van der Waals surface area (Å²) in [4.78, 5) is 6.31. The van der Waals surface area contributed by atoms with Crippen LogP contribution in [0.4, 0.5) is 10.1 Å². The lowest BCUT2D eigenvalue weighted by atomic mass is 10.1. The van der Waals surface area contributed by atoms with E-state index in [0.717, 1.165) is 28.1 Å². The normalized spacial score (nSPS) is 14.2. The first-order chi connectivity index (χ1) is 13.0. The largest absolute Gasteiger partial charge is 0.338 e. The second kappa shape index (κ2) is 7.87. The molecule has 1 aliphatic heterocycles. The molecule has 136 valence electrons. The van der Waals surface area contributed by atoms with Crippen LogP contribution in [0.2, 0.25) is 0 Å². The van der Waals surface area contributed by atoms with Crippen molar-refractivity contribution in [3.8, 4) is 0 Å². The van der Waals surface area contributed by atoms with Gasteiger partial charge < -0.3 is 10.2 Å². The molecule has 0 atom stereocenters. The van der Waals surface area contributed by atoms with Crippen molar-refractivity contribution >= 4 is 23.3 Å². The van der Waals surface area contributed by atoms with Gasteiger partial charge in [-0.2, -0.15) is 0 Å². The number of rotatable bonds is 4. The molecule has 0 radical (unpaired) electrons. The highest BCUT2D eigenvalue weighted by Crippen LogP contribution is 2.27. The van der Waals surface area contributed by atoms with Crippen LogP contribution in [0, 0.1) is 12.7 Å². The highest BCUT2D eigenvalue weighted by molar-refractivity contribution is 6.09. The van der Waals surface area contributed by atoms with Crippen LogP contribution in [0.25, 0.3) is 11.8 Å². The molecular formula is C23H22FN3. The highest BCUT2D eigenvalue weighted by Gasteiger charge is 2.19. The molecule has 2 aromatic carbocycles. The van der Waals surface area contributed by atoms with Gasteiger partial charge in [0.05, 0.1) is 5.70 Å². The zero-order chi connectivity index (χ0) is 19.4. The van der Waals surface area contributed by atoms with Crippen LogP contribution in [0.15, 0.2) is 84.8 Å². The number of hydrogen-bond donors (Lipinski definition) is 1. The molecule has 3 nitrogen and oxygen atoms in total. The third kappa shape index (κ3) is 3.90. The average Bonchev–Trinajstić information content (AvgIpc) is 2.67. The van der Waals surface area contributed by atoms with E-state index in [1.807, 2.05) is 61.4 Å². The molecule has 0 unspecified atom stereocenters. The lowest BCUT2D eigenvalue weighted by molar-refractivity contribution is 0.625. The molecule has 1 N–H and O–H groups in total. The summed E-state index contributed by atoms with van der Waals surface area (Å²) < 4.78 is 13.7. The number of aryl methyl sites for hydroxylation is 1. The summed E-state index contributed by atoms with van der Waals surface area (Å²) >= 11 is 0. The summed E-state index contributed by atoms with van der Waals surface area (Å²) in [5, 5.41) is 3.31. The lowest BCUT2D eigenvalue weighted by Gasteiger charge is -2.29. The third-order valence-corrected chi connectivity index (χ3v) is 4.40. The Bertz CT molecular complexity index is 983. The Morgan fingerprint density at radius 2 is 2.04 bits per heavy atom. The summed E-state index contributed by atoms with van der Waals surface area (Å²) in [7, 11) is 0. The Balaban J connectivity index is 1.86. The monoisotopic (exact) mass is 359 g/mol. The van der Waals surface area contributed by atoms with Crippen LogP contribution >= 0.6 is 0 Å². The number of aliphatic imine (C=N–C) groups is 1. The van der Waals surface area contributed by atoms with Crippen molar-refractivity contribution in [1.29, 1.82) is 0 Å². The summed E-state index contributed by atoms with van der Waals surface area (Å²) in [5.41, 5.74) is 5.40. The summed E-state index contributed by atoms with van der Waals surface area (Å²) in [6.45, 7) is 12.0. The van der Waals surface area contributed by atoms with Crippen LogP contribution in [-0.2, 0) is 0 Å². The van der Waals surface area contributed by atoms with Crippen LogP contribution in [-0.4, -0.2) is 10.7 Å². The van der Waals surface area contributed by atoms with E-state index in [1.54, 1.807) is 12.3 Å². The quantitative estimate of drug-likeness (QED) is 0.730. The number of hydrogen-bond acceptors (Lipinski definition) is 3. The van der Waals surface area contributed by atoms with E-state index in [1.165, 1.54) is 12.1 Å². The maximum atomic E-state index is 13.7. The van der Waals surface area contributed by atoms with Crippen molar-refractivity contribution < 1.29 is 4.39 Å². The number of amidine groups is 1. The Labute approximate surface area is 159 Å². The zero-order valence-corrected chi connectivity index (χ0v) is 15.5. The minimum atomic E-state index is -0.276. The predicted molar refractivity (Wildman–Crippen MR) is 112 cm³/mol. The molecule has 27 heavy (non-hydrogen) atoms. The van der Waals surface area contributed by atoms with Crippen molar-refractivity contribution in [2.24, 2.45) is 4.99 Å². The number of allylic oxidation sites excluding steroid dienone is 1. The minimum absolute atomic E-state index is 0.276. The van der Waals surface area contributed by atoms with Gasteiger partial charge in [0.2, 0.25) is 0 Å². The summed E-state index contributed by atoms with van der Waals surface area (Å²) in [6, 6.07) is 12.5. The minimum Gasteiger partial charge on any atom is -0.338 e. The van der Waals surface area contributed by atoms with E-state index in [0.29, 0.717) is 11.5 Å². The van der Waals surface area contributed by atoms with Gasteiger partial charge in [0.15, 0.2) is 5.84 Å². The van der Waals surface area contributed by atoms with Gasteiger partial charge in [-0.3, -0.25) is 0 Å². The number of halogens is 1. The van der Waals surface area contributed by atoms with Crippen molar-refractivity contribution in [1.82, 2.24) is 4.90 Å². The second-order valence-electron chi connectivity index (χ2n) is 6.18. The molecular weight excluding hydrogens is 337 g/mol. The fourth-order valence-electron chi connectivity index (χ4n) is 2.95. The van der Waals surface area contributed by atoms with Crippen LogP contribution in [0.3, 0.4) is 0 Å². The molecule has 0 spiro atoms. The van der Waals surface area contributed by atoms with Crippen LogP contribution in [0.1, 0.15) is 23.6 Å². The molecule has 0 aromatic heterocycles. The van der Waals surface area contributed by atoms with Crippen LogP contribution in [0.5, 0.6) is 0 Å². The molecule has 0 saturated heterocycles. The third-order valence-electron chi connectivity index (χ3n) is 4.40. The van der Waals surface area contributed by atoms with Crippen molar-refractivity contribution in [3.63, 3.8) is 0 Å². The van der Waals surface area contributed by atoms with Crippen molar-refractivity contribution in [2.75, 3.05) is 5.32 Å². The molecule has 2 aromatic rings. The molecule has 3 rings (SSSR count). The first kappa shape index (κ1) is 18.4. The zero-order valence-electron chi connectivity index (χ0n) is 15.5.